The van der Waals surface area contributed by atoms with Crippen molar-refractivity contribution in [1.82, 2.24) is 9.78 Å². The topological polar surface area (TPSA) is 55.1 Å². The lowest BCUT2D eigenvalue weighted by Gasteiger charge is -1.98. The Kier molecular flexibility index (Phi) is 2.02. The minimum absolute atomic E-state index is 0.0192. The molecule has 4 nitrogen and oxygen atoms in total. The molecule has 0 radical (unpaired) electrons. The number of benzene rings is 1. The second kappa shape index (κ2) is 3.33. The smallest absolute Gasteiger partial charge is 0.278 e. The molecular formula is C10H8N2O2. The predicted octanol–water partition coefficient (Wildman–Crippen LogP) is 1.28. The van der Waals surface area contributed by atoms with Gasteiger partial charge in [-0.1, -0.05) is 18.2 Å². The van der Waals surface area contributed by atoms with Crippen molar-refractivity contribution in [2.75, 3.05) is 0 Å². The highest BCUT2D eigenvalue weighted by atomic mass is 16.3. The maximum absolute atomic E-state index is 11.6. The second-order valence-electron chi connectivity index (χ2n) is 2.81. The molecule has 1 aromatic carbocycles. The van der Waals surface area contributed by atoms with Crippen molar-refractivity contribution in [3.05, 3.63) is 48.3 Å². The summed E-state index contributed by atoms with van der Waals surface area (Å²) in [5.74, 6) is -0.278. The summed E-state index contributed by atoms with van der Waals surface area (Å²) in [6.07, 6.45) is 2.50. The largest absolute Gasteiger partial charge is 0.505 e. The van der Waals surface area contributed by atoms with Crippen LogP contribution in [0.1, 0.15) is 10.4 Å². The van der Waals surface area contributed by atoms with Gasteiger partial charge in [-0.05, 0) is 12.1 Å². The summed E-state index contributed by atoms with van der Waals surface area (Å²) >= 11 is 0. The van der Waals surface area contributed by atoms with Gasteiger partial charge in [0.2, 0.25) is 0 Å². The van der Waals surface area contributed by atoms with Gasteiger partial charge in [-0.3, -0.25) is 4.79 Å². The average molecular weight is 188 g/mol. The first kappa shape index (κ1) is 8.50. The van der Waals surface area contributed by atoms with E-state index in [4.69, 9.17) is 5.11 Å². The van der Waals surface area contributed by atoms with E-state index in [1.54, 1.807) is 24.3 Å². The zero-order valence-electron chi connectivity index (χ0n) is 7.29. The van der Waals surface area contributed by atoms with Crippen LogP contribution in [0.15, 0.2) is 42.7 Å². The number of nitrogens with zero attached hydrogens (tertiary/aromatic N) is 2. The molecule has 0 aliphatic heterocycles. The van der Waals surface area contributed by atoms with Gasteiger partial charge in [0.25, 0.3) is 5.91 Å². The normalized spacial score (nSPS) is 10.0. The van der Waals surface area contributed by atoms with Gasteiger partial charge in [0, 0.05) is 5.56 Å². The summed E-state index contributed by atoms with van der Waals surface area (Å²) in [6, 6.07) is 8.77. The Labute approximate surface area is 80.4 Å². The molecule has 1 heterocycles. The molecule has 0 amide bonds. The van der Waals surface area contributed by atoms with Gasteiger partial charge in [0.15, 0.2) is 5.75 Å². The van der Waals surface area contributed by atoms with Crippen LogP contribution in [0, 0.1) is 0 Å². The Morgan fingerprint density at radius 2 is 2.00 bits per heavy atom. The van der Waals surface area contributed by atoms with Crippen LogP contribution >= 0.6 is 0 Å². The van der Waals surface area contributed by atoms with Crippen molar-refractivity contribution in [3.8, 4) is 5.75 Å². The van der Waals surface area contributed by atoms with E-state index in [0.29, 0.717) is 5.56 Å². The minimum Gasteiger partial charge on any atom is -0.505 e. The fourth-order valence-corrected chi connectivity index (χ4v) is 1.14. The highest BCUT2D eigenvalue weighted by molar-refractivity contribution is 5.95. The van der Waals surface area contributed by atoms with Crippen molar-refractivity contribution in [2.45, 2.75) is 0 Å². The molecule has 0 unspecified atom stereocenters. The fourth-order valence-electron chi connectivity index (χ4n) is 1.14. The molecule has 0 saturated heterocycles. The number of carbonyl (C=O) groups excluding carboxylic acids is 1. The number of carbonyl (C=O) groups is 1. The van der Waals surface area contributed by atoms with E-state index in [1.807, 2.05) is 6.07 Å². The molecule has 70 valence electrons. The van der Waals surface area contributed by atoms with Crippen molar-refractivity contribution in [3.63, 3.8) is 0 Å². The summed E-state index contributed by atoms with van der Waals surface area (Å²) in [5, 5.41) is 12.7. The van der Waals surface area contributed by atoms with E-state index in [-0.39, 0.29) is 11.7 Å². The lowest BCUT2D eigenvalue weighted by atomic mass is 10.2. The zero-order chi connectivity index (χ0) is 9.97. The number of aromatic nitrogens is 2. The summed E-state index contributed by atoms with van der Waals surface area (Å²) in [4.78, 5) is 11.6. The molecule has 2 rings (SSSR count). The summed E-state index contributed by atoms with van der Waals surface area (Å²) in [6.45, 7) is 0. The van der Waals surface area contributed by atoms with Crippen LogP contribution in [0.3, 0.4) is 0 Å². The highest BCUT2D eigenvalue weighted by Gasteiger charge is 2.08. The molecule has 0 aliphatic carbocycles. The first-order valence-corrected chi connectivity index (χ1v) is 4.11. The number of aromatic hydroxyl groups is 1. The molecule has 0 saturated carbocycles. The van der Waals surface area contributed by atoms with Gasteiger partial charge in [-0.15, -0.1) is 0 Å². The van der Waals surface area contributed by atoms with Gasteiger partial charge in [-0.2, -0.15) is 5.10 Å². The van der Waals surface area contributed by atoms with Gasteiger partial charge >= 0.3 is 0 Å². The van der Waals surface area contributed by atoms with E-state index < -0.39 is 0 Å². The SMILES string of the molecule is O=C(c1ccccc1)n1cc(O)cn1. The monoisotopic (exact) mass is 188 g/mol. The third-order valence-corrected chi connectivity index (χ3v) is 1.80. The van der Waals surface area contributed by atoms with Gasteiger partial charge in [-0.25, -0.2) is 4.68 Å². The Bertz CT molecular complexity index is 448. The molecule has 2 aromatic rings. The van der Waals surface area contributed by atoms with Crippen LogP contribution < -0.4 is 0 Å². The summed E-state index contributed by atoms with van der Waals surface area (Å²) in [7, 11) is 0. The Morgan fingerprint density at radius 1 is 1.29 bits per heavy atom. The van der Waals surface area contributed by atoms with Gasteiger partial charge in [0.05, 0.1) is 12.4 Å². The molecule has 0 spiro atoms. The van der Waals surface area contributed by atoms with Crippen LogP contribution in [0.25, 0.3) is 0 Å². The molecule has 1 aromatic heterocycles. The maximum Gasteiger partial charge on any atom is 0.278 e. The fraction of sp³-hybridized carbons (Fsp3) is 0. The molecule has 14 heavy (non-hydrogen) atoms. The molecule has 0 fully saturated rings. The number of hydrogen-bond acceptors (Lipinski definition) is 3. The van der Waals surface area contributed by atoms with E-state index in [1.165, 1.54) is 12.4 Å². The van der Waals surface area contributed by atoms with Crippen LogP contribution in [0.5, 0.6) is 5.75 Å². The molecule has 0 bridgehead atoms. The van der Waals surface area contributed by atoms with Crippen molar-refractivity contribution < 1.29 is 9.90 Å². The maximum atomic E-state index is 11.6. The van der Waals surface area contributed by atoms with E-state index >= 15 is 0 Å². The highest BCUT2D eigenvalue weighted by Crippen LogP contribution is 2.07. The Hall–Kier alpha value is -2.10. The number of hydrogen-bond donors (Lipinski definition) is 1. The average Bonchev–Trinajstić information content (AvgIpc) is 2.65. The van der Waals surface area contributed by atoms with E-state index in [9.17, 15) is 4.79 Å². The lowest BCUT2D eigenvalue weighted by Crippen LogP contribution is -2.11. The number of rotatable bonds is 1. The third-order valence-electron chi connectivity index (χ3n) is 1.80. The van der Waals surface area contributed by atoms with Gasteiger partial charge in [0.1, 0.15) is 0 Å². The Balaban J connectivity index is 2.34. The van der Waals surface area contributed by atoms with E-state index in [0.717, 1.165) is 4.68 Å². The first-order valence-electron chi connectivity index (χ1n) is 4.11. The standard InChI is InChI=1S/C10H8N2O2/c13-9-6-11-12(7-9)10(14)8-4-2-1-3-5-8/h1-7,13H. The van der Waals surface area contributed by atoms with Gasteiger partial charge < -0.3 is 5.11 Å². The molecule has 0 atom stereocenters. The minimum atomic E-state index is -0.258. The van der Waals surface area contributed by atoms with Crippen molar-refractivity contribution in [2.24, 2.45) is 0 Å². The zero-order valence-corrected chi connectivity index (χ0v) is 7.29. The van der Waals surface area contributed by atoms with Crippen molar-refractivity contribution >= 4 is 5.91 Å². The second-order valence-corrected chi connectivity index (χ2v) is 2.81. The van der Waals surface area contributed by atoms with Crippen LogP contribution in [-0.2, 0) is 0 Å². The lowest BCUT2D eigenvalue weighted by molar-refractivity contribution is 0.0944. The summed E-state index contributed by atoms with van der Waals surface area (Å²) in [5.41, 5.74) is 0.538. The van der Waals surface area contributed by atoms with Crippen molar-refractivity contribution in [1.29, 1.82) is 0 Å². The molecule has 0 aliphatic rings. The molecular weight excluding hydrogens is 180 g/mol. The van der Waals surface area contributed by atoms with Crippen LogP contribution in [0.2, 0.25) is 0 Å². The first-order chi connectivity index (χ1) is 6.77. The quantitative estimate of drug-likeness (QED) is 0.733. The predicted molar refractivity (Wildman–Crippen MR) is 50.1 cm³/mol. The molecule has 4 heteroatoms. The summed E-state index contributed by atoms with van der Waals surface area (Å²) < 4.78 is 1.10. The van der Waals surface area contributed by atoms with Crippen LogP contribution in [0.4, 0.5) is 0 Å². The van der Waals surface area contributed by atoms with E-state index in [2.05, 4.69) is 5.10 Å². The third kappa shape index (κ3) is 1.50. The molecule has 1 N–H and O–H groups in total. The Morgan fingerprint density at radius 3 is 2.57 bits per heavy atom. The van der Waals surface area contributed by atoms with Crippen LogP contribution in [-0.4, -0.2) is 20.8 Å².